The van der Waals surface area contributed by atoms with E-state index in [0.717, 1.165) is 13.0 Å². The molecule has 2 nitrogen and oxygen atoms in total. The highest BCUT2D eigenvalue weighted by molar-refractivity contribution is 14.1. The second-order valence-electron chi connectivity index (χ2n) is 2.52. The third-order valence-electron chi connectivity index (χ3n) is 1.58. The summed E-state index contributed by atoms with van der Waals surface area (Å²) < 4.78 is 11.3. The van der Waals surface area contributed by atoms with Crippen LogP contribution in [0.1, 0.15) is 12.8 Å². The predicted octanol–water partition coefficient (Wildman–Crippen LogP) is 2.13. The maximum atomic E-state index is 5.41. The van der Waals surface area contributed by atoms with Crippen molar-refractivity contribution in [3.05, 3.63) is 12.7 Å². The number of hydrogen-bond acceptors (Lipinski definition) is 2. The number of rotatable bonds is 3. The lowest BCUT2D eigenvalue weighted by Gasteiger charge is -2.27. The van der Waals surface area contributed by atoms with Gasteiger partial charge in [-0.15, -0.1) is 6.58 Å². The van der Waals surface area contributed by atoms with Crippen LogP contribution in [0, 0.1) is 0 Å². The smallest absolute Gasteiger partial charge is 0.169 e. The highest BCUT2D eigenvalue weighted by atomic mass is 127. The lowest BCUT2D eigenvalue weighted by Crippen LogP contribution is -2.32. The SMILES string of the molecule is C=CCOC1OCCCC1I. The third kappa shape index (κ3) is 3.09. The van der Waals surface area contributed by atoms with Gasteiger partial charge in [0.05, 0.1) is 10.5 Å². The highest BCUT2D eigenvalue weighted by Gasteiger charge is 2.23. The Bertz CT molecular complexity index is 127. The van der Waals surface area contributed by atoms with Crippen LogP contribution in [0.4, 0.5) is 0 Å². The fraction of sp³-hybridized carbons (Fsp3) is 0.750. The Morgan fingerprint density at radius 3 is 3.18 bits per heavy atom. The Labute approximate surface area is 81.1 Å². The van der Waals surface area contributed by atoms with Gasteiger partial charge in [-0.3, -0.25) is 0 Å². The van der Waals surface area contributed by atoms with E-state index in [1.54, 1.807) is 6.08 Å². The van der Waals surface area contributed by atoms with Gasteiger partial charge in [-0.25, -0.2) is 0 Å². The van der Waals surface area contributed by atoms with E-state index in [1.165, 1.54) is 6.42 Å². The average Bonchev–Trinajstić information content (AvgIpc) is 2.03. The summed E-state index contributed by atoms with van der Waals surface area (Å²) >= 11 is 2.37. The molecule has 0 amide bonds. The summed E-state index contributed by atoms with van der Waals surface area (Å²) in [6.07, 6.45) is 4.09. The molecule has 2 unspecified atom stereocenters. The van der Waals surface area contributed by atoms with E-state index in [2.05, 4.69) is 29.2 Å². The van der Waals surface area contributed by atoms with Gasteiger partial charge in [-0.2, -0.15) is 0 Å². The molecule has 1 fully saturated rings. The number of alkyl halides is 1. The van der Waals surface area contributed by atoms with E-state index < -0.39 is 0 Å². The molecule has 0 saturated carbocycles. The van der Waals surface area contributed by atoms with E-state index in [1.807, 2.05) is 0 Å². The minimum absolute atomic E-state index is 0.0117. The van der Waals surface area contributed by atoms with Crippen LogP contribution in [-0.4, -0.2) is 23.4 Å². The first-order valence-electron chi connectivity index (χ1n) is 3.83. The lowest BCUT2D eigenvalue weighted by molar-refractivity contribution is -0.148. The first-order valence-corrected chi connectivity index (χ1v) is 5.07. The van der Waals surface area contributed by atoms with Gasteiger partial charge in [-0.05, 0) is 12.8 Å². The topological polar surface area (TPSA) is 18.5 Å². The molecule has 0 spiro atoms. The molecular formula is C8H13IO2. The zero-order valence-electron chi connectivity index (χ0n) is 6.46. The molecule has 0 N–H and O–H groups in total. The molecular weight excluding hydrogens is 255 g/mol. The molecule has 1 aliphatic rings. The van der Waals surface area contributed by atoms with Crippen molar-refractivity contribution >= 4 is 22.6 Å². The summed E-state index contributed by atoms with van der Waals surface area (Å²) in [7, 11) is 0. The summed E-state index contributed by atoms with van der Waals surface area (Å²) in [6.45, 7) is 5.01. The predicted molar refractivity (Wildman–Crippen MR) is 52.9 cm³/mol. The van der Waals surface area contributed by atoms with Crippen LogP contribution < -0.4 is 0 Å². The van der Waals surface area contributed by atoms with E-state index in [0.29, 0.717) is 10.5 Å². The van der Waals surface area contributed by atoms with Gasteiger partial charge in [0.15, 0.2) is 6.29 Å². The Morgan fingerprint density at radius 1 is 1.73 bits per heavy atom. The number of halogens is 1. The summed E-state index contributed by atoms with van der Waals surface area (Å²) in [5.74, 6) is 0. The summed E-state index contributed by atoms with van der Waals surface area (Å²) in [5, 5.41) is 0. The molecule has 1 rings (SSSR count). The highest BCUT2D eigenvalue weighted by Crippen LogP contribution is 2.22. The van der Waals surface area contributed by atoms with Gasteiger partial charge >= 0.3 is 0 Å². The van der Waals surface area contributed by atoms with Crippen LogP contribution in [0.3, 0.4) is 0 Å². The molecule has 0 aromatic rings. The van der Waals surface area contributed by atoms with E-state index in [4.69, 9.17) is 9.47 Å². The lowest BCUT2D eigenvalue weighted by atomic mass is 10.2. The zero-order chi connectivity index (χ0) is 8.10. The van der Waals surface area contributed by atoms with Crippen LogP contribution in [0.25, 0.3) is 0 Å². The van der Waals surface area contributed by atoms with Gasteiger partial charge in [0.25, 0.3) is 0 Å². The van der Waals surface area contributed by atoms with Crippen molar-refractivity contribution in [2.45, 2.75) is 23.1 Å². The van der Waals surface area contributed by atoms with Crippen molar-refractivity contribution in [3.63, 3.8) is 0 Å². The molecule has 0 aliphatic carbocycles. The van der Waals surface area contributed by atoms with Crippen LogP contribution in [0.2, 0.25) is 0 Å². The minimum Gasteiger partial charge on any atom is -0.352 e. The maximum Gasteiger partial charge on any atom is 0.169 e. The minimum atomic E-state index is -0.0117. The van der Waals surface area contributed by atoms with Crippen molar-refractivity contribution in [1.29, 1.82) is 0 Å². The first kappa shape index (κ1) is 9.48. The van der Waals surface area contributed by atoms with E-state index in [-0.39, 0.29) is 6.29 Å². The van der Waals surface area contributed by atoms with E-state index >= 15 is 0 Å². The molecule has 1 saturated heterocycles. The Kier molecular flexibility index (Phi) is 4.40. The molecule has 1 aliphatic heterocycles. The standard InChI is InChI=1S/C8H13IO2/c1-2-5-10-8-7(9)4-3-6-11-8/h2,7-8H,1,3-6H2. The monoisotopic (exact) mass is 268 g/mol. The van der Waals surface area contributed by atoms with Crippen LogP contribution in [-0.2, 0) is 9.47 Å². The Hall–Kier alpha value is 0.390. The zero-order valence-corrected chi connectivity index (χ0v) is 8.62. The van der Waals surface area contributed by atoms with Crippen molar-refractivity contribution in [3.8, 4) is 0 Å². The van der Waals surface area contributed by atoms with Crippen molar-refractivity contribution in [2.75, 3.05) is 13.2 Å². The summed E-state index contributed by atoms with van der Waals surface area (Å²) in [6, 6.07) is 0. The molecule has 64 valence electrons. The van der Waals surface area contributed by atoms with Gasteiger partial charge in [0.1, 0.15) is 0 Å². The van der Waals surface area contributed by atoms with Crippen LogP contribution in [0.5, 0.6) is 0 Å². The molecule has 0 aromatic heterocycles. The van der Waals surface area contributed by atoms with Gasteiger partial charge < -0.3 is 9.47 Å². The molecule has 0 aromatic carbocycles. The van der Waals surface area contributed by atoms with Gasteiger partial charge in [0, 0.05) is 6.61 Å². The average molecular weight is 268 g/mol. The maximum absolute atomic E-state index is 5.41. The molecule has 2 atom stereocenters. The second-order valence-corrected chi connectivity index (χ2v) is 4.12. The van der Waals surface area contributed by atoms with Crippen molar-refractivity contribution in [2.24, 2.45) is 0 Å². The largest absolute Gasteiger partial charge is 0.352 e. The number of hydrogen-bond donors (Lipinski definition) is 0. The molecule has 1 heterocycles. The third-order valence-corrected chi connectivity index (χ3v) is 2.79. The first-order chi connectivity index (χ1) is 5.34. The summed E-state index contributed by atoms with van der Waals surface area (Å²) in [5.41, 5.74) is 0. The van der Waals surface area contributed by atoms with Crippen LogP contribution in [0.15, 0.2) is 12.7 Å². The van der Waals surface area contributed by atoms with E-state index in [9.17, 15) is 0 Å². The number of ether oxygens (including phenoxy) is 2. The van der Waals surface area contributed by atoms with Crippen molar-refractivity contribution < 1.29 is 9.47 Å². The van der Waals surface area contributed by atoms with Gasteiger partial charge in [-0.1, -0.05) is 28.7 Å². The molecule has 3 heteroatoms. The quantitative estimate of drug-likeness (QED) is 0.443. The summed E-state index contributed by atoms with van der Waals surface area (Å²) in [4.78, 5) is 0. The van der Waals surface area contributed by atoms with Gasteiger partial charge in [0.2, 0.25) is 0 Å². The molecule has 0 radical (unpaired) electrons. The second kappa shape index (κ2) is 5.11. The van der Waals surface area contributed by atoms with Crippen molar-refractivity contribution in [1.82, 2.24) is 0 Å². The molecule has 11 heavy (non-hydrogen) atoms. The van der Waals surface area contributed by atoms with Crippen LogP contribution >= 0.6 is 22.6 Å². The fourth-order valence-electron chi connectivity index (χ4n) is 1.03. The Balaban J connectivity index is 2.23. The molecule has 0 bridgehead atoms. The Morgan fingerprint density at radius 2 is 2.55 bits per heavy atom. The fourth-order valence-corrected chi connectivity index (χ4v) is 1.89. The normalized spacial score (nSPS) is 31.7.